The molecule has 8 nitrogen and oxygen atoms in total. The highest BCUT2D eigenvalue weighted by molar-refractivity contribution is 6.74. The van der Waals surface area contributed by atoms with Gasteiger partial charge in [-0.05, 0) is 31.0 Å². The number of rotatable bonds is 5. The van der Waals surface area contributed by atoms with Crippen molar-refractivity contribution in [3.63, 3.8) is 0 Å². The van der Waals surface area contributed by atoms with E-state index >= 15 is 0 Å². The van der Waals surface area contributed by atoms with E-state index in [2.05, 4.69) is 48.8 Å². The lowest BCUT2D eigenvalue weighted by atomic mass is 9.81. The minimum atomic E-state index is -2.75. The molecule has 0 radical (unpaired) electrons. The monoisotopic (exact) mass is 550 g/mol. The molecule has 1 saturated carbocycles. The van der Waals surface area contributed by atoms with Crippen LogP contribution >= 0.6 is 11.6 Å². The molecule has 0 atom stereocenters. The van der Waals surface area contributed by atoms with Crippen LogP contribution in [0.2, 0.25) is 23.3 Å². The Bertz CT molecular complexity index is 1210. The van der Waals surface area contributed by atoms with Gasteiger partial charge in [0.05, 0.1) is 36.6 Å². The highest BCUT2D eigenvalue weighted by Crippen LogP contribution is 2.54. The molecule has 5 rings (SSSR count). The van der Waals surface area contributed by atoms with Crippen LogP contribution in [0.15, 0.2) is 12.4 Å². The Labute approximate surface area is 221 Å². The molecule has 2 aliphatic heterocycles. The number of aromatic nitrogens is 4. The molecular weight excluding hydrogens is 518 g/mol. The smallest absolute Gasteiger partial charge is 0.267 e. The van der Waals surface area contributed by atoms with Crippen molar-refractivity contribution in [2.45, 2.75) is 89.0 Å². The number of halogens is 3. The maximum atomic E-state index is 13.9. The fourth-order valence-corrected chi connectivity index (χ4v) is 6.45. The highest BCUT2D eigenvalue weighted by atomic mass is 35.5. The van der Waals surface area contributed by atoms with E-state index in [0.29, 0.717) is 35.7 Å². The molecule has 2 fully saturated rings. The molecule has 3 aliphatic rings. The van der Waals surface area contributed by atoms with E-state index in [0.717, 1.165) is 12.8 Å². The summed E-state index contributed by atoms with van der Waals surface area (Å²) in [4.78, 5) is 34.9. The minimum absolute atomic E-state index is 0.0157. The zero-order valence-electron chi connectivity index (χ0n) is 21.9. The first-order chi connectivity index (χ1) is 17.2. The van der Waals surface area contributed by atoms with Crippen molar-refractivity contribution in [3.8, 4) is 0 Å². The number of amides is 1. The van der Waals surface area contributed by atoms with E-state index in [-0.39, 0.29) is 41.6 Å². The van der Waals surface area contributed by atoms with E-state index in [4.69, 9.17) is 21.0 Å². The first-order valence-corrected chi connectivity index (χ1v) is 16.0. The lowest BCUT2D eigenvalue weighted by Crippen LogP contribution is -2.40. The lowest BCUT2D eigenvalue weighted by Gasteiger charge is -2.35. The van der Waals surface area contributed by atoms with E-state index in [1.165, 1.54) is 22.2 Å². The average molecular weight is 551 g/mol. The van der Waals surface area contributed by atoms with E-state index in [1.54, 1.807) is 0 Å². The molecule has 0 N–H and O–H groups in total. The highest BCUT2D eigenvalue weighted by Gasteiger charge is 2.55. The van der Waals surface area contributed by atoms with Gasteiger partial charge in [0.25, 0.3) is 5.92 Å². The molecular formula is C25H33ClF2N6O2Si. The topological polar surface area (TPSA) is 84.3 Å². The molecule has 0 aromatic carbocycles. The number of hydrogen-bond acceptors (Lipinski definition) is 7. The number of hydrogen-bond donors (Lipinski definition) is 0. The quantitative estimate of drug-likeness (QED) is 0.345. The number of fused-ring (bicyclic) bond motifs is 2. The van der Waals surface area contributed by atoms with Crippen LogP contribution in [0.25, 0.3) is 0 Å². The fraction of sp³-hybridized carbons (Fsp3) is 0.640. The fourth-order valence-electron chi connectivity index (χ4n) is 5.16. The van der Waals surface area contributed by atoms with Gasteiger partial charge in [-0.2, -0.15) is 0 Å². The van der Waals surface area contributed by atoms with Gasteiger partial charge in [0, 0.05) is 18.5 Å². The number of alkyl halides is 2. The summed E-state index contributed by atoms with van der Waals surface area (Å²) in [6.45, 7) is 10.7. The summed E-state index contributed by atoms with van der Waals surface area (Å²) in [5.41, 5.74) is 0.299. The second-order valence-electron chi connectivity index (χ2n) is 11.9. The van der Waals surface area contributed by atoms with Crippen LogP contribution in [0.4, 0.5) is 26.2 Å². The van der Waals surface area contributed by atoms with Crippen molar-refractivity contribution in [2.75, 3.05) is 22.9 Å². The van der Waals surface area contributed by atoms with Crippen LogP contribution < -0.4 is 9.80 Å². The van der Waals surface area contributed by atoms with E-state index in [9.17, 15) is 13.6 Å². The number of nitrogens with zero attached hydrogens (tertiary/aromatic N) is 6. The van der Waals surface area contributed by atoms with Gasteiger partial charge in [0.1, 0.15) is 11.0 Å². The third kappa shape index (κ3) is 4.52. The first kappa shape index (κ1) is 26.4. The standard InChI is InChI=1S/C25H33ClF2N6O2Si/c1-23(2,3)37(4,5)36-14-17-31-19(26)18-20(32-17)34(21(35)24(18)8-6-7-9-24)16-12-29-22(30-13-16)33-11-10-25(27,28)15-33/h12-13H,6-11,14-15H2,1-5H3. The van der Waals surface area contributed by atoms with Gasteiger partial charge in [-0.25, -0.2) is 28.7 Å². The zero-order valence-corrected chi connectivity index (χ0v) is 23.7. The van der Waals surface area contributed by atoms with Crippen LogP contribution in [0.1, 0.15) is 64.3 Å². The largest absolute Gasteiger partial charge is 0.409 e. The molecule has 0 bridgehead atoms. The predicted molar refractivity (Wildman–Crippen MR) is 140 cm³/mol. The summed E-state index contributed by atoms with van der Waals surface area (Å²) in [5.74, 6) is -1.81. The summed E-state index contributed by atoms with van der Waals surface area (Å²) < 4.78 is 33.7. The molecule has 0 unspecified atom stereocenters. The van der Waals surface area contributed by atoms with Crippen LogP contribution in [0.5, 0.6) is 0 Å². The summed E-state index contributed by atoms with van der Waals surface area (Å²) in [6.07, 6.45) is 5.91. The number of carbonyl (C=O) groups is 1. The maximum Gasteiger partial charge on any atom is 0.267 e. The van der Waals surface area contributed by atoms with Crippen molar-refractivity contribution in [2.24, 2.45) is 0 Å². The van der Waals surface area contributed by atoms with Gasteiger partial charge >= 0.3 is 0 Å². The Morgan fingerprint density at radius 3 is 2.32 bits per heavy atom. The summed E-state index contributed by atoms with van der Waals surface area (Å²) in [5, 5.41) is 0.287. The average Bonchev–Trinajstić information content (AvgIpc) is 3.50. The van der Waals surface area contributed by atoms with Gasteiger partial charge in [0.15, 0.2) is 14.1 Å². The van der Waals surface area contributed by atoms with E-state index in [1.807, 2.05) is 0 Å². The van der Waals surface area contributed by atoms with Crippen LogP contribution in [-0.2, 0) is 21.2 Å². The Morgan fingerprint density at radius 1 is 1.11 bits per heavy atom. The molecule has 1 amide bonds. The molecule has 12 heteroatoms. The Kier molecular flexibility index (Phi) is 6.35. The third-order valence-corrected chi connectivity index (χ3v) is 13.1. The second kappa shape index (κ2) is 8.91. The van der Waals surface area contributed by atoms with Gasteiger partial charge in [-0.1, -0.05) is 45.2 Å². The van der Waals surface area contributed by atoms with Crippen molar-refractivity contribution >= 4 is 43.3 Å². The van der Waals surface area contributed by atoms with Gasteiger partial charge in [-0.3, -0.25) is 9.69 Å². The van der Waals surface area contributed by atoms with Gasteiger partial charge in [0.2, 0.25) is 11.9 Å². The first-order valence-electron chi connectivity index (χ1n) is 12.7. The molecule has 200 valence electrons. The number of carbonyl (C=O) groups excluding carboxylic acids is 1. The Hall–Kier alpha value is -2.24. The summed E-state index contributed by atoms with van der Waals surface area (Å²) in [6, 6.07) is 0. The Balaban J connectivity index is 1.50. The molecule has 4 heterocycles. The van der Waals surface area contributed by atoms with Crippen LogP contribution in [0, 0.1) is 0 Å². The minimum Gasteiger partial charge on any atom is -0.409 e. The molecule has 1 spiro atoms. The Morgan fingerprint density at radius 2 is 1.76 bits per heavy atom. The zero-order chi connectivity index (χ0) is 26.8. The van der Waals surface area contributed by atoms with Gasteiger partial charge < -0.3 is 9.33 Å². The lowest BCUT2D eigenvalue weighted by molar-refractivity contribution is -0.122. The van der Waals surface area contributed by atoms with E-state index < -0.39 is 26.2 Å². The number of anilines is 3. The van der Waals surface area contributed by atoms with Gasteiger partial charge in [-0.15, -0.1) is 0 Å². The normalized spacial score (nSPS) is 20.8. The molecule has 2 aromatic heterocycles. The maximum absolute atomic E-state index is 13.9. The summed E-state index contributed by atoms with van der Waals surface area (Å²) >= 11 is 6.76. The summed E-state index contributed by atoms with van der Waals surface area (Å²) in [7, 11) is -2.07. The molecule has 2 aromatic rings. The predicted octanol–water partition coefficient (Wildman–Crippen LogP) is 5.78. The SMILES string of the molecule is CC(C)(C)[Si](C)(C)OCc1nc(Cl)c2c(n1)N(c1cnc(N3CCC(F)(F)C3)nc1)C(=O)C21CCCC1. The van der Waals surface area contributed by atoms with Crippen molar-refractivity contribution in [1.29, 1.82) is 0 Å². The van der Waals surface area contributed by atoms with Crippen LogP contribution in [0.3, 0.4) is 0 Å². The van der Waals surface area contributed by atoms with Crippen LogP contribution in [-0.4, -0.2) is 53.2 Å². The second-order valence-corrected chi connectivity index (χ2v) is 17.0. The van der Waals surface area contributed by atoms with Crippen molar-refractivity contribution in [1.82, 2.24) is 19.9 Å². The molecule has 37 heavy (non-hydrogen) atoms. The molecule has 1 saturated heterocycles. The van der Waals surface area contributed by atoms with Crippen molar-refractivity contribution in [3.05, 3.63) is 28.9 Å². The third-order valence-electron chi connectivity index (χ3n) is 8.36. The van der Waals surface area contributed by atoms with Crippen molar-refractivity contribution < 1.29 is 18.0 Å². The molecule has 1 aliphatic carbocycles.